The fourth-order valence-electron chi connectivity index (χ4n) is 1.54. The molecule has 0 aliphatic heterocycles. The van der Waals surface area contributed by atoms with Crippen LogP contribution in [0.25, 0.3) is 0 Å². The van der Waals surface area contributed by atoms with Gasteiger partial charge in [-0.3, -0.25) is 4.79 Å². The third-order valence-electron chi connectivity index (χ3n) is 2.84. The summed E-state index contributed by atoms with van der Waals surface area (Å²) in [6.07, 6.45) is 0. The molecule has 0 radical (unpaired) electrons. The topological polar surface area (TPSA) is 46.3 Å². The number of rotatable bonds is 4. The van der Waals surface area contributed by atoms with Crippen molar-refractivity contribution in [3.05, 3.63) is 34.6 Å². The van der Waals surface area contributed by atoms with E-state index in [9.17, 15) is 9.18 Å². The lowest BCUT2D eigenvalue weighted by Gasteiger charge is -2.24. The van der Waals surface area contributed by atoms with Crippen molar-refractivity contribution in [3.8, 4) is 0 Å². The molecule has 0 unspecified atom stereocenters. The van der Waals surface area contributed by atoms with Crippen molar-refractivity contribution in [3.63, 3.8) is 0 Å². The highest BCUT2D eigenvalue weighted by molar-refractivity contribution is 6.31. The number of halogens is 3. The Morgan fingerprint density at radius 3 is 2.53 bits per heavy atom. The highest BCUT2D eigenvalue weighted by Crippen LogP contribution is 2.20. The summed E-state index contributed by atoms with van der Waals surface area (Å²) in [5, 5.41) is 0.313. The molecule has 0 aliphatic carbocycles. The Morgan fingerprint density at radius 2 is 2.05 bits per heavy atom. The van der Waals surface area contributed by atoms with Gasteiger partial charge in [-0.2, -0.15) is 0 Å². The normalized spacial score (nSPS) is 11.9. The number of amides is 1. The predicted molar refractivity (Wildman–Crippen MR) is 77.9 cm³/mol. The maximum atomic E-state index is 13.6. The van der Waals surface area contributed by atoms with Crippen LogP contribution in [0.4, 0.5) is 4.39 Å². The molecule has 0 saturated carbocycles. The highest BCUT2D eigenvalue weighted by Gasteiger charge is 2.22. The lowest BCUT2D eigenvalue weighted by molar-refractivity contribution is -0.132. The van der Waals surface area contributed by atoms with E-state index in [0.29, 0.717) is 10.6 Å². The average molecular weight is 309 g/mol. The first kappa shape index (κ1) is 18.2. The summed E-state index contributed by atoms with van der Waals surface area (Å²) < 4.78 is 13.6. The largest absolute Gasteiger partial charge is 0.340 e. The van der Waals surface area contributed by atoms with E-state index < -0.39 is 11.9 Å². The molecule has 1 aromatic carbocycles. The molecule has 0 aliphatic rings. The van der Waals surface area contributed by atoms with Gasteiger partial charge < -0.3 is 10.6 Å². The standard InChI is InChI=1S/C13H18ClFN2O.ClH/c1-8(2)12(16)13(18)17(3)7-9-10(14)5-4-6-11(9)15;/h4-6,8,12H,7,16H2,1-3H3;1H/t12-;/m1./s1. The molecular formula is C13H19Cl2FN2O. The van der Waals surface area contributed by atoms with Gasteiger partial charge in [-0.05, 0) is 18.1 Å². The second-order valence-corrected chi connectivity index (χ2v) is 5.07. The molecule has 0 heterocycles. The van der Waals surface area contributed by atoms with E-state index in [-0.39, 0.29) is 30.8 Å². The summed E-state index contributed by atoms with van der Waals surface area (Å²) in [7, 11) is 1.59. The van der Waals surface area contributed by atoms with Crippen LogP contribution in [0.1, 0.15) is 19.4 Å². The zero-order chi connectivity index (χ0) is 13.9. The monoisotopic (exact) mass is 308 g/mol. The van der Waals surface area contributed by atoms with Crippen molar-refractivity contribution in [1.82, 2.24) is 4.90 Å². The summed E-state index contributed by atoms with van der Waals surface area (Å²) >= 11 is 5.91. The van der Waals surface area contributed by atoms with Crippen LogP contribution in [0.2, 0.25) is 5.02 Å². The van der Waals surface area contributed by atoms with Gasteiger partial charge in [-0.25, -0.2) is 4.39 Å². The molecule has 0 spiro atoms. The van der Waals surface area contributed by atoms with Crippen LogP contribution in [-0.4, -0.2) is 23.9 Å². The van der Waals surface area contributed by atoms with Crippen LogP contribution in [-0.2, 0) is 11.3 Å². The van der Waals surface area contributed by atoms with Gasteiger partial charge >= 0.3 is 0 Å². The van der Waals surface area contributed by atoms with Crippen LogP contribution >= 0.6 is 24.0 Å². The predicted octanol–water partition coefficient (Wildman–Crippen LogP) is 2.84. The van der Waals surface area contributed by atoms with Gasteiger partial charge in [0, 0.05) is 24.2 Å². The number of likely N-dealkylation sites (N-methyl/N-ethyl adjacent to an activating group) is 1. The van der Waals surface area contributed by atoms with Crippen molar-refractivity contribution in [2.24, 2.45) is 11.7 Å². The van der Waals surface area contributed by atoms with E-state index in [0.717, 1.165) is 0 Å². The van der Waals surface area contributed by atoms with E-state index in [1.807, 2.05) is 13.8 Å². The Morgan fingerprint density at radius 1 is 1.47 bits per heavy atom. The van der Waals surface area contributed by atoms with Gasteiger partial charge in [0.25, 0.3) is 0 Å². The van der Waals surface area contributed by atoms with Gasteiger partial charge in [0.15, 0.2) is 0 Å². The first-order valence-electron chi connectivity index (χ1n) is 5.78. The van der Waals surface area contributed by atoms with Crippen molar-refractivity contribution >= 4 is 29.9 Å². The maximum Gasteiger partial charge on any atom is 0.239 e. The van der Waals surface area contributed by atoms with Gasteiger partial charge in [-0.1, -0.05) is 31.5 Å². The second-order valence-electron chi connectivity index (χ2n) is 4.66. The average Bonchev–Trinajstić information content (AvgIpc) is 2.31. The Bertz CT molecular complexity index is 420. The number of hydrogen-bond donors (Lipinski definition) is 1. The minimum Gasteiger partial charge on any atom is -0.340 e. The lowest BCUT2D eigenvalue weighted by Crippen LogP contribution is -2.44. The first-order valence-corrected chi connectivity index (χ1v) is 6.15. The van der Waals surface area contributed by atoms with Crippen molar-refractivity contribution < 1.29 is 9.18 Å². The molecule has 1 rings (SSSR count). The summed E-state index contributed by atoms with van der Waals surface area (Å²) in [5.74, 6) is -0.597. The number of nitrogens with zero attached hydrogens (tertiary/aromatic N) is 1. The van der Waals surface area contributed by atoms with Crippen molar-refractivity contribution in [2.75, 3.05) is 7.05 Å². The molecule has 1 amide bonds. The molecule has 2 N–H and O–H groups in total. The Balaban J connectivity index is 0.00000324. The summed E-state index contributed by atoms with van der Waals surface area (Å²) in [6, 6.07) is 3.87. The fraction of sp³-hybridized carbons (Fsp3) is 0.462. The molecule has 0 fully saturated rings. The number of hydrogen-bond acceptors (Lipinski definition) is 2. The number of benzene rings is 1. The molecule has 0 saturated heterocycles. The maximum absolute atomic E-state index is 13.6. The van der Waals surface area contributed by atoms with Crippen LogP contribution in [0.3, 0.4) is 0 Å². The zero-order valence-corrected chi connectivity index (χ0v) is 12.8. The van der Waals surface area contributed by atoms with Crippen LogP contribution < -0.4 is 5.73 Å². The smallest absolute Gasteiger partial charge is 0.239 e. The third-order valence-corrected chi connectivity index (χ3v) is 3.19. The molecule has 19 heavy (non-hydrogen) atoms. The Labute approximate surface area is 124 Å². The van der Waals surface area contributed by atoms with Crippen LogP contribution in [0.5, 0.6) is 0 Å². The van der Waals surface area contributed by atoms with Gasteiger partial charge in [-0.15, -0.1) is 12.4 Å². The molecular weight excluding hydrogens is 290 g/mol. The molecule has 108 valence electrons. The van der Waals surface area contributed by atoms with Gasteiger partial charge in [0.05, 0.1) is 6.04 Å². The summed E-state index contributed by atoms with van der Waals surface area (Å²) in [4.78, 5) is 13.3. The highest BCUT2D eigenvalue weighted by atomic mass is 35.5. The van der Waals surface area contributed by atoms with E-state index >= 15 is 0 Å². The molecule has 0 bridgehead atoms. The van der Waals surface area contributed by atoms with E-state index in [2.05, 4.69) is 0 Å². The summed E-state index contributed by atoms with van der Waals surface area (Å²) in [6.45, 7) is 3.85. The fourth-order valence-corrected chi connectivity index (χ4v) is 1.76. The molecule has 6 heteroatoms. The summed E-state index contributed by atoms with van der Waals surface area (Å²) in [5.41, 5.74) is 6.08. The lowest BCUT2D eigenvalue weighted by atomic mass is 10.0. The SMILES string of the molecule is CC(C)[C@@H](N)C(=O)N(C)Cc1c(F)cccc1Cl.Cl. The first-order chi connectivity index (χ1) is 8.34. The number of carbonyl (C=O) groups is 1. The minimum absolute atomic E-state index is 0. The Kier molecular flexibility index (Phi) is 7.34. The van der Waals surface area contributed by atoms with Crippen LogP contribution in [0, 0.1) is 11.7 Å². The van der Waals surface area contributed by atoms with E-state index in [1.54, 1.807) is 13.1 Å². The third kappa shape index (κ3) is 4.64. The van der Waals surface area contributed by atoms with Gasteiger partial charge in [0.1, 0.15) is 5.82 Å². The second kappa shape index (κ2) is 7.68. The number of nitrogens with two attached hydrogens (primary N) is 1. The van der Waals surface area contributed by atoms with E-state index in [1.165, 1.54) is 17.0 Å². The van der Waals surface area contributed by atoms with Crippen LogP contribution in [0.15, 0.2) is 18.2 Å². The molecule has 1 atom stereocenters. The zero-order valence-electron chi connectivity index (χ0n) is 11.2. The van der Waals surface area contributed by atoms with Gasteiger partial charge in [0.2, 0.25) is 5.91 Å². The minimum atomic E-state index is -0.583. The van der Waals surface area contributed by atoms with Crippen molar-refractivity contribution in [1.29, 1.82) is 0 Å². The quantitative estimate of drug-likeness (QED) is 0.929. The van der Waals surface area contributed by atoms with E-state index in [4.69, 9.17) is 17.3 Å². The molecule has 1 aromatic rings. The molecule has 3 nitrogen and oxygen atoms in total. The molecule has 0 aromatic heterocycles. The Hall–Kier alpha value is -0.840. The number of carbonyl (C=O) groups excluding carboxylic acids is 1. The van der Waals surface area contributed by atoms with Crippen molar-refractivity contribution in [2.45, 2.75) is 26.4 Å².